The standard InChI is InChI=1S/C15H19FN2O4/c1-15(14(20)17-2)10-18(6-7-22-15)13(19)9-21-12-5-3-4-11(16)8-12/h3-5,8H,6-7,9-10H2,1-2H3,(H,17,20)/t15-/m1/s1. The Bertz CT molecular complexity index is 566. The van der Waals surface area contributed by atoms with Crippen molar-refractivity contribution in [3.05, 3.63) is 30.1 Å². The van der Waals surface area contributed by atoms with Crippen molar-refractivity contribution in [2.45, 2.75) is 12.5 Å². The maximum atomic E-state index is 13.0. The molecule has 1 heterocycles. The molecule has 1 saturated heterocycles. The molecule has 6 nitrogen and oxygen atoms in total. The van der Waals surface area contributed by atoms with Gasteiger partial charge < -0.3 is 19.7 Å². The third kappa shape index (κ3) is 3.73. The van der Waals surface area contributed by atoms with Crippen molar-refractivity contribution in [1.82, 2.24) is 10.2 Å². The zero-order valence-electron chi connectivity index (χ0n) is 12.6. The second-order valence-electron chi connectivity index (χ2n) is 5.22. The first-order chi connectivity index (χ1) is 10.4. The summed E-state index contributed by atoms with van der Waals surface area (Å²) in [5.41, 5.74) is -1.07. The fourth-order valence-corrected chi connectivity index (χ4v) is 2.28. The molecule has 120 valence electrons. The monoisotopic (exact) mass is 310 g/mol. The first-order valence-corrected chi connectivity index (χ1v) is 6.97. The molecule has 1 aromatic rings. The van der Waals surface area contributed by atoms with E-state index in [0.717, 1.165) is 0 Å². The number of hydrogen-bond acceptors (Lipinski definition) is 4. The van der Waals surface area contributed by atoms with Crippen LogP contribution in [-0.4, -0.2) is 55.7 Å². The average molecular weight is 310 g/mol. The van der Waals surface area contributed by atoms with Gasteiger partial charge in [0.2, 0.25) is 0 Å². The van der Waals surface area contributed by atoms with Crippen LogP contribution in [0.2, 0.25) is 0 Å². The van der Waals surface area contributed by atoms with Gasteiger partial charge in [-0.3, -0.25) is 9.59 Å². The van der Waals surface area contributed by atoms with Crippen molar-refractivity contribution in [3.8, 4) is 5.75 Å². The number of likely N-dealkylation sites (N-methyl/N-ethyl adjacent to an activating group) is 1. The maximum Gasteiger partial charge on any atom is 0.260 e. The Morgan fingerprint density at radius 2 is 2.27 bits per heavy atom. The number of halogens is 1. The van der Waals surface area contributed by atoms with Crippen LogP contribution in [0.25, 0.3) is 0 Å². The van der Waals surface area contributed by atoms with Gasteiger partial charge in [-0.05, 0) is 19.1 Å². The number of amides is 2. The molecular formula is C15H19FN2O4. The molecule has 2 amide bonds. The first kappa shape index (κ1) is 16.2. The summed E-state index contributed by atoms with van der Waals surface area (Å²) in [6.45, 7) is 2.23. The fraction of sp³-hybridized carbons (Fsp3) is 0.467. The van der Waals surface area contributed by atoms with Crippen molar-refractivity contribution in [1.29, 1.82) is 0 Å². The number of carbonyl (C=O) groups excluding carboxylic acids is 2. The van der Waals surface area contributed by atoms with Crippen molar-refractivity contribution < 1.29 is 23.5 Å². The zero-order chi connectivity index (χ0) is 16.2. The van der Waals surface area contributed by atoms with Crippen molar-refractivity contribution in [2.75, 3.05) is 33.4 Å². The lowest BCUT2D eigenvalue weighted by Crippen LogP contribution is -2.59. The molecule has 1 fully saturated rings. The van der Waals surface area contributed by atoms with Gasteiger partial charge in [-0.15, -0.1) is 0 Å². The highest BCUT2D eigenvalue weighted by atomic mass is 19.1. The number of hydrogen-bond donors (Lipinski definition) is 1. The molecule has 0 saturated carbocycles. The molecule has 1 atom stereocenters. The third-order valence-corrected chi connectivity index (χ3v) is 3.49. The highest BCUT2D eigenvalue weighted by Gasteiger charge is 2.40. The van der Waals surface area contributed by atoms with Gasteiger partial charge in [-0.2, -0.15) is 0 Å². The smallest absolute Gasteiger partial charge is 0.260 e. The van der Waals surface area contributed by atoms with Gasteiger partial charge in [0.25, 0.3) is 11.8 Å². The summed E-state index contributed by atoms with van der Waals surface area (Å²) in [6.07, 6.45) is 0. The van der Waals surface area contributed by atoms with Crippen LogP contribution in [0.3, 0.4) is 0 Å². The van der Waals surface area contributed by atoms with Crippen LogP contribution in [-0.2, 0) is 14.3 Å². The summed E-state index contributed by atoms with van der Waals surface area (Å²) in [7, 11) is 1.52. The number of ether oxygens (including phenoxy) is 2. The predicted octanol–water partition coefficient (Wildman–Crippen LogP) is 0.568. The highest BCUT2D eigenvalue weighted by Crippen LogP contribution is 2.18. The van der Waals surface area contributed by atoms with E-state index in [1.807, 2.05) is 0 Å². The number of benzene rings is 1. The fourth-order valence-electron chi connectivity index (χ4n) is 2.28. The van der Waals surface area contributed by atoms with Gasteiger partial charge in [0.1, 0.15) is 11.6 Å². The predicted molar refractivity (Wildman–Crippen MR) is 76.9 cm³/mol. The molecule has 0 bridgehead atoms. The van der Waals surface area contributed by atoms with Gasteiger partial charge >= 0.3 is 0 Å². The minimum absolute atomic E-state index is 0.151. The van der Waals surface area contributed by atoms with E-state index in [4.69, 9.17) is 9.47 Å². The van der Waals surface area contributed by atoms with E-state index in [1.54, 1.807) is 13.0 Å². The maximum absolute atomic E-state index is 13.0. The first-order valence-electron chi connectivity index (χ1n) is 6.97. The lowest BCUT2D eigenvalue weighted by Gasteiger charge is -2.38. The Morgan fingerprint density at radius 1 is 1.50 bits per heavy atom. The van der Waals surface area contributed by atoms with E-state index in [1.165, 1.54) is 30.1 Å². The molecule has 1 aliphatic rings. The van der Waals surface area contributed by atoms with Crippen LogP contribution in [0.5, 0.6) is 5.75 Å². The second-order valence-corrected chi connectivity index (χ2v) is 5.22. The molecule has 0 unspecified atom stereocenters. The quantitative estimate of drug-likeness (QED) is 0.883. The zero-order valence-corrected chi connectivity index (χ0v) is 12.6. The summed E-state index contributed by atoms with van der Waals surface area (Å²) in [6, 6.07) is 5.59. The Kier molecular flexibility index (Phi) is 4.97. The molecule has 7 heteroatoms. The second kappa shape index (κ2) is 6.74. The molecule has 22 heavy (non-hydrogen) atoms. The normalized spacial score (nSPS) is 21.3. The lowest BCUT2D eigenvalue weighted by atomic mass is 10.0. The average Bonchev–Trinajstić information content (AvgIpc) is 2.52. The molecule has 1 aromatic carbocycles. The number of nitrogens with zero attached hydrogens (tertiary/aromatic N) is 1. The summed E-state index contributed by atoms with van der Waals surface area (Å²) in [5.74, 6) is -0.696. The Labute approximate surface area is 128 Å². The van der Waals surface area contributed by atoms with E-state index in [-0.39, 0.29) is 37.3 Å². The largest absolute Gasteiger partial charge is 0.484 e. The molecule has 0 radical (unpaired) electrons. The van der Waals surface area contributed by atoms with Crippen LogP contribution >= 0.6 is 0 Å². The molecule has 1 aliphatic heterocycles. The van der Waals surface area contributed by atoms with Gasteiger partial charge in [-0.1, -0.05) is 6.07 Å². The minimum atomic E-state index is -1.07. The Morgan fingerprint density at radius 3 is 2.95 bits per heavy atom. The molecule has 0 aliphatic carbocycles. The number of nitrogens with one attached hydrogen (secondary N) is 1. The van der Waals surface area contributed by atoms with Gasteiger partial charge in [-0.25, -0.2) is 4.39 Å². The van der Waals surface area contributed by atoms with Crippen LogP contribution in [0.15, 0.2) is 24.3 Å². The number of rotatable bonds is 4. The van der Waals surface area contributed by atoms with Gasteiger partial charge in [0.05, 0.1) is 13.2 Å². The third-order valence-electron chi connectivity index (χ3n) is 3.49. The van der Waals surface area contributed by atoms with Crippen molar-refractivity contribution in [3.63, 3.8) is 0 Å². The van der Waals surface area contributed by atoms with Crippen molar-refractivity contribution in [2.24, 2.45) is 0 Å². The van der Waals surface area contributed by atoms with E-state index in [2.05, 4.69) is 5.32 Å². The highest BCUT2D eigenvalue weighted by molar-refractivity contribution is 5.86. The van der Waals surface area contributed by atoms with Crippen molar-refractivity contribution >= 4 is 11.8 Å². The van der Waals surface area contributed by atoms with Gasteiger partial charge in [0, 0.05) is 19.7 Å². The molecule has 2 rings (SSSR count). The minimum Gasteiger partial charge on any atom is -0.484 e. The van der Waals surface area contributed by atoms with Crippen LogP contribution in [0.1, 0.15) is 6.92 Å². The number of carbonyl (C=O) groups is 2. The van der Waals surface area contributed by atoms with E-state index in [0.29, 0.717) is 6.54 Å². The molecule has 0 spiro atoms. The summed E-state index contributed by atoms with van der Waals surface area (Å²) in [5, 5.41) is 2.52. The topological polar surface area (TPSA) is 67.9 Å². The number of morpholine rings is 1. The molecule has 0 aromatic heterocycles. The van der Waals surface area contributed by atoms with E-state index >= 15 is 0 Å². The van der Waals surface area contributed by atoms with Crippen LogP contribution in [0.4, 0.5) is 4.39 Å². The Balaban J connectivity index is 1.93. The molecular weight excluding hydrogens is 291 g/mol. The molecule has 1 N–H and O–H groups in total. The Hall–Kier alpha value is -2.15. The van der Waals surface area contributed by atoms with Crippen LogP contribution in [0, 0.1) is 5.82 Å². The summed E-state index contributed by atoms with van der Waals surface area (Å²) < 4.78 is 23.8. The van der Waals surface area contributed by atoms with Gasteiger partial charge in [0.15, 0.2) is 12.2 Å². The van der Waals surface area contributed by atoms with E-state index in [9.17, 15) is 14.0 Å². The summed E-state index contributed by atoms with van der Waals surface area (Å²) >= 11 is 0. The summed E-state index contributed by atoms with van der Waals surface area (Å²) in [4.78, 5) is 25.5. The lowest BCUT2D eigenvalue weighted by molar-refractivity contribution is -0.163. The van der Waals surface area contributed by atoms with Crippen LogP contribution < -0.4 is 10.1 Å². The van der Waals surface area contributed by atoms with E-state index < -0.39 is 11.4 Å². The SMILES string of the molecule is CNC(=O)[C@@]1(C)CN(C(=O)COc2cccc(F)c2)CCO1.